The number of carbonyl (C=O) groups is 1. The number of carbonyl (C=O) groups excluding carboxylic acids is 1. The Morgan fingerprint density at radius 3 is 2.68 bits per heavy atom. The van der Waals surface area contributed by atoms with Crippen molar-refractivity contribution >= 4 is 17.2 Å². The van der Waals surface area contributed by atoms with Crippen LogP contribution in [0.3, 0.4) is 0 Å². The van der Waals surface area contributed by atoms with Crippen molar-refractivity contribution in [3.8, 4) is 5.69 Å². The van der Waals surface area contributed by atoms with Crippen molar-refractivity contribution in [1.82, 2.24) is 19.4 Å². The zero-order valence-corrected chi connectivity index (χ0v) is 15.0. The van der Waals surface area contributed by atoms with Gasteiger partial charge in [0.1, 0.15) is 0 Å². The summed E-state index contributed by atoms with van der Waals surface area (Å²) in [6.45, 7) is 4.23. The van der Waals surface area contributed by atoms with E-state index in [4.69, 9.17) is 0 Å². The Labute approximate surface area is 149 Å². The lowest BCUT2D eigenvalue weighted by Crippen LogP contribution is -2.28. The number of aromatic nitrogens is 3. The van der Waals surface area contributed by atoms with Gasteiger partial charge in [-0.3, -0.25) is 9.59 Å². The molecule has 2 heterocycles. The van der Waals surface area contributed by atoms with Crippen molar-refractivity contribution < 1.29 is 4.79 Å². The molecule has 2 aromatic heterocycles. The summed E-state index contributed by atoms with van der Waals surface area (Å²) in [5.41, 5.74) is 2.94. The molecule has 25 heavy (non-hydrogen) atoms. The van der Waals surface area contributed by atoms with Gasteiger partial charge >= 0.3 is 4.87 Å². The zero-order valence-electron chi connectivity index (χ0n) is 14.2. The van der Waals surface area contributed by atoms with Crippen LogP contribution in [0.15, 0.2) is 53.2 Å². The van der Waals surface area contributed by atoms with Crippen LogP contribution >= 0.6 is 11.3 Å². The molecule has 0 saturated heterocycles. The number of nitrogens with zero attached hydrogens (tertiary/aromatic N) is 3. The predicted molar refractivity (Wildman–Crippen MR) is 98.1 cm³/mol. The number of benzene rings is 1. The van der Waals surface area contributed by atoms with Crippen LogP contribution in [-0.4, -0.2) is 20.0 Å². The van der Waals surface area contributed by atoms with E-state index in [9.17, 15) is 9.59 Å². The first-order valence-corrected chi connectivity index (χ1v) is 8.95. The van der Waals surface area contributed by atoms with Crippen LogP contribution in [0.4, 0.5) is 0 Å². The fourth-order valence-electron chi connectivity index (χ4n) is 2.63. The van der Waals surface area contributed by atoms with Crippen LogP contribution in [0.25, 0.3) is 5.69 Å². The van der Waals surface area contributed by atoms with Gasteiger partial charge in [0.15, 0.2) is 0 Å². The summed E-state index contributed by atoms with van der Waals surface area (Å²) in [5, 5.41) is 4.79. The maximum atomic E-state index is 12.2. The van der Waals surface area contributed by atoms with Crippen molar-refractivity contribution in [1.29, 1.82) is 0 Å². The van der Waals surface area contributed by atoms with E-state index in [1.54, 1.807) is 17.1 Å². The minimum atomic E-state index is -0.0929. The van der Waals surface area contributed by atoms with Gasteiger partial charge in [0.25, 0.3) is 0 Å². The highest BCUT2D eigenvalue weighted by Gasteiger charge is 2.11. The van der Waals surface area contributed by atoms with Gasteiger partial charge in [-0.2, -0.15) is 0 Å². The molecular formula is C18H20N4O2S. The molecule has 0 radical (unpaired) electrons. The molecule has 0 aliphatic heterocycles. The fourth-order valence-corrected chi connectivity index (χ4v) is 3.39. The molecular weight excluding hydrogens is 336 g/mol. The summed E-state index contributed by atoms with van der Waals surface area (Å²) in [5.74, 6) is -0.0660. The van der Waals surface area contributed by atoms with Gasteiger partial charge in [-0.25, -0.2) is 4.98 Å². The Morgan fingerprint density at radius 1 is 1.32 bits per heavy atom. The number of thiazole rings is 1. The van der Waals surface area contributed by atoms with Crippen LogP contribution in [0, 0.1) is 6.92 Å². The molecule has 0 aliphatic rings. The molecule has 0 aliphatic carbocycles. The summed E-state index contributed by atoms with van der Waals surface area (Å²) >= 11 is 1.16. The minimum absolute atomic E-state index is 0.0200. The molecule has 1 unspecified atom stereocenters. The first-order valence-electron chi connectivity index (χ1n) is 8.07. The van der Waals surface area contributed by atoms with Crippen LogP contribution in [0.5, 0.6) is 0 Å². The number of hydrogen-bond donors (Lipinski definition) is 1. The van der Waals surface area contributed by atoms with E-state index in [-0.39, 0.29) is 23.2 Å². The second-order valence-electron chi connectivity index (χ2n) is 5.90. The van der Waals surface area contributed by atoms with E-state index in [1.807, 2.05) is 54.3 Å². The molecule has 0 saturated carbocycles. The summed E-state index contributed by atoms with van der Waals surface area (Å²) < 4.78 is 3.56. The molecule has 6 nitrogen and oxygen atoms in total. The Morgan fingerprint density at radius 2 is 2.08 bits per heavy atom. The Bertz CT molecular complexity index is 894. The average molecular weight is 356 g/mol. The van der Waals surface area contributed by atoms with Gasteiger partial charge in [-0.1, -0.05) is 23.5 Å². The van der Waals surface area contributed by atoms with Gasteiger partial charge < -0.3 is 14.5 Å². The minimum Gasteiger partial charge on any atom is -0.350 e. The lowest BCUT2D eigenvalue weighted by Gasteiger charge is -2.15. The Kier molecular flexibility index (Phi) is 5.14. The summed E-state index contributed by atoms with van der Waals surface area (Å²) in [7, 11) is 0. The molecule has 0 bridgehead atoms. The molecule has 0 fully saturated rings. The highest BCUT2D eigenvalue weighted by atomic mass is 32.1. The van der Waals surface area contributed by atoms with Gasteiger partial charge in [-0.05, 0) is 31.5 Å². The maximum absolute atomic E-state index is 12.2. The SMILES string of the molecule is Cc1csc(=O)n1CCC(=O)NC(C)c1ccc(-n2ccnc2)cc1. The third-order valence-electron chi connectivity index (χ3n) is 4.11. The number of nitrogens with one attached hydrogen (secondary N) is 1. The smallest absolute Gasteiger partial charge is 0.307 e. The quantitative estimate of drug-likeness (QED) is 0.738. The Hall–Kier alpha value is -2.67. The van der Waals surface area contributed by atoms with E-state index >= 15 is 0 Å². The molecule has 130 valence electrons. The lowest BCUT2D eigenvalue weighted by atomic mass is 10.1. The van der Waals surface area contributed by atoms with Gasteiger partial charge in [0.2, 0.25) is 5.91 Å². The predicted octanol–water partition coefficient (Wildman–Crippen LogP) is 2.67. The first kappa shape index (κ1) is 17.2. The molecule has 7 heteroatoms. The fraction of sp³-hybridized carbons (Fsp3) is 0.278. The summed E-state index contributed by atoms with van der Waals surface area (Å²) in [4.78, 5) is 27.8. The number of hydrogen-bond acceptors (Lipinski definition) is 4. The molecule has 0 spiro atoms. The zero-order chi connectivity index (χ0) is 17.8. The monoisotopic (exact) mass is 356 g/mol. The molecule has 3 rings (SSSR count). The third kappa shape index (κ3) is 4.06. The van der Waals surface area contributed by atoms with Gasteiger partial charge in [0, 0.05) is 42.1 Å². The van der Waals surface area contributed by atoms with Crippen molar-refractivity contribution in [2.45, 2.75) is 32.9 Å². The van der Waals surface area contributed by atoms with Gasteiger partial charge in [-0.15, -0.1) is 0 Å². The van der Waals surface area contributed by atoms with Gasteiger partial charge in [0.05, 0.1) is 12.4 Å². The van der Waals surface area contributed by atoms with Crippen molar-refractivity contribution in [3.05, 3.63) is 69.3 Å². The van der Waals surface area contributed by atoms with Crippen LogP contribution in [0.2, 0.25) is 0 Å². The van der Waals surface area contributed by atoms with Crippen LogP contribution < -0.4 is 10.2 Å². The average Bonchev–Trinajstić information content (AvgIpc) is 3.24. The Balaban J connectivity index is 1.57. The van der Waals surface area contributed by atoms with E-state index in [1.165, 1.54) is 0 Å². The number of imidazole rings is 1. The van der Waals surface area contributed by atoms with E-state index in [0.29, 0.717) is 6.54 Å². The van der Waals surface area contributed by atoms with E-state index < -0.39 is 0 Å². The third-order valence-corrected chi connectivity index (χ3v) is 4.99. The van der Waals surface area contributed by atoms with E-state index in [2.05, 4.69) is 10.3 Å². The molecule has 3 aromatic rings. The normalized spacial score (nSPS) is 12.1. The summed E-state index contributed by atoms with van der Waals surface area (Å²) in [6.07, 6.45) is 5.65. The largest absolute Gasteiger partial charge is 0.350 e. The summed E-state index contributed by atoms with van der Waals surface area (Å²) in [6, 6.07) is 7.88. The molecule has 1 aromatic carbocycles. The highest BCUT2D eigenvalue weighted by Crippen LogP contribution is 2.16. The second kappa shape index (κ2) is 7.48. The van der Waals surface area contributed by atoms with Crippen molar-refractivity contribution in [2.24, 2.45) is 0 Å². The number of aryl methyl sites for hydroxylation is 1. The maximum Gasteiger partial charge on any atom is 0.307 e. The molecule has 1 N–H and O–H groups in total. The van der Waals surface area contributed by atoms with Crippen LogP contribution in [-0.2, 0) is 11.3 Å². The van der Waals surface area contributed by atoms with Crippen molar-refractivity contribution in [2.75, 3.05) is 0 Å². The number of amides is 1. The standard InChI is InChI=1S/C18H20N4O2S/c1-13-11-25-18(24)22(13)9-7-17(23)20-14(2)15-3-5-16(6-4-15)21-10-8-19-12-21/h3-6,8,10-12,14H,7,9H2,1-2H3,(H,20,23). The molecule has 1 atom stereocenters. The molecule has 1 amide bonds. The lowest BCUT2D eigenvalue weighted by molar-refractivity contribution is -0.121. The second-order valence-corrected chi connectivity index (χ2v) is 6.72. The topological polar surface area (TPSA) is 68.9 Å². The highest BCUT2D eigenvalue weighted by molar-refractivity contribution is 7.07. The van der Waals surface area contributed by atoms with Crippen molar-refractivity contribution in [3.63, 3.8) is 0 Å². The first-order chi connectivity index (χ1) is 12.0. The van der Waals surface area contributed by atoms with E-state index in [0.717, 1.165) is 28.3 Å². The van der Waals surface area contributed by atoms with Crippen LogP contribution in [0.1, 0.15) is 30.6 Å². The number of rotatable bonds is 6.